The molecular formula is C55H35N3O. The van der Waals surface area contributed by atoms with Gasteiger partial charge in [-0.15, -0.1) is 0 Å². The molecule has 0 spiro atoms. The Labute approximate surface area is 339 Å². The molecule has 13 rings (SSSR count). The molecule has 0 amide bonds. The summed E-state index contributed by atoms with van der Waals surface area (Å²) in [6.45, 7) is 0. The second-order valence-electron chi connectivity index (χ2n) is 16.0. The lowest BCUT2D eigenvalue weighted by Gasteiger charge is -2.21. The summed E-state index contributed by atoms with van der Waals surface area (Å²) < 4.78 is 7.20. The van der Waals surface area contributed by atoms with E-state index in [4.69, 9.17) is 0 Å². The first-order valence-electron chi connectivity index (χ1n) is 20.4. The Morgan fingerprint density at radius 3 is 1.14 bits per heavy atom. The highest BCUT2D eigenvalue weighted by molar-refractivity contribution is 6.36. The summed E-state index contributed by atoms with van der Waals surface area (Å²) in [5.74, 6) is 0. The van der Waals surface area contributed by atoms with Crippen LogP contribution in [-0.4, -0.2) is 13.7 Å². The van der Waals surface area contributed by atoms with E-state index in [1.165, 1.54) is 71.1 Å². The summed E-state index contributed by atoms with van der Waals surface area (Å²) in [5.41, 5.74) is 15.5. The zero-order chi connectivity index (χ0) is 38.8. The van der Waals surface area contributed by atoms with Gasteiger partial charge in [0.1, 0.15) is 0 Å². The first-order valence-corrected chi connectivity index (χ1v) is 20.4. The molecule has 0 aliphatic heterocycles. The van der Waals surface area contributed by atoms with Crippen LogP contribution in [0.15, 0.2) is 193 Å². The molecule has 12 aromatic rings. The van der Waals surface area contributed by atoms with Gasteiger partial charge in [0.15, 0.2) is 5.43 Å². The molecule has 3 heterocycles. The van der Waals surface area contributed by atoms with Gasteiger partial charge in [0.2, 0.25) is 0 Å². The number of pyridine rings is 1. The standard InChI is InChI=1S/C55H35N3O/c59-55-43-20-8-12-24-49(43)56(50-25-13-9-21-44(50)55)39-26-28-40(29-27-39)58-48-23-11-7-19-42(48)52-46-33-37-31-35-15-5-4-14-34(35)30-36(37)32-45(46)51-41-18-6-10-22-47(41)57(53(51)54(52)58)38-16-2-1-3-17-38/h1-29,32-33H,30-31H2. The van der Waals surface area contributed by atoms with Crippen LogP contribution in [0.1, 0.15) is 22.3 Å². The van der Waals surface area contributed by atoms with Crippen LogP contribution in [0.4, 0.5) is 0 Å². The highest BCUT2D eigenvalue weighted by Gasteiger charge is 2.26. The molecule has 0 bridgehead atoms. The van der Waals surface area contributed by atoms with E-state index in [9.17, 15) is 4.79 Å². The quantitative estimate of drug-likeness (QED) is 0.165. The van der Waals surface area contributed by atoms with E-state index in [-0.39, 0.29) is 5.43 Å². The van der Waals surface area contributed by atoms with E-state index in [0.29, 0.717) is 10.8 Å². The van der Waals surface area contributed by atoms with Gasteiger partial charge < -0.3 is 13.7 Å². The smallest absolute Gasteiger partial charge is 0.197 e. The summed E-state index contributed by atoms with van der Waals surface area (Å²) in [6.07, 6.45) is 1.87. The van der Waals surface area contributed by atoms with E-state index >= 15 is 0 Å². The molecule has 4 heteroatoms. The highest BCUT2D eigenvalue weighted by Crippen LogP contribution is 2.48. The molecule has 59 heavy (non-hydrogen) atoms. The lowest BCUT2D eigenvalue weighted by molar-refractivity contribution is 1.01. The van der Waals surface area contributed by atoms with Crippen LogP contribution < -0.4 is 5.43 Å². The maximum Gasteiger partial charge on any atom is 0.197 e. The fourth-order valence-corrected chi connectivity index (χ4v) is 10.4. The van der Waals surface area contributed by atoms with Gasteiger partial charge in [-0.3, -0.25) is 4.79 Å². The molecule has 0 saturated heterocycles. The predicted molar refractivity (Wildman–Crippen MR) is 245 cm³/mol. The minimum atomic E-state index is 0.0601. The van der Waals surface area contributed by atoms with Crippen LogP contribution in [0.5, 0.6) is 0 Å². The monoisotopic (exact) mass is 753 g/mol. The zero-order valence-electron chi connectivity index (χ0n) is 32.1. The highest BCUT2D eigenvalue weighted by atomic mass is 16.1. The number of hydrogen-bond acceptors (Lipinski definition) is 1. The Morgan fingerprint density at radius 1 is 0.305 bits per heavy atom. The van der Waals surface area contributed by atoms with Gasteiger partial charge in [-0.25, -0.2) is 0 Å². The van der Waals surface area contributed by atoms with Gasteiger partial charge in [0, 0.05) is 49.4 Å². The van der Waals surface area contributed by atoms with Crippen molar-refractivity contribution >= 4 is 76.2 Å². The molecule has 276 valence electrons. The summed E-state index contributed by atoms with van der Waals surface area (Å²) in [6, 6.07) is 67.4. The zero-order valence-corrected chi connectivity index (χ0v) is 32.1. The molecule has 0 atom stereocenters. The summed E-state index contributed by atoms with van der Waals surface area (Å²) >= 11 is 0. The number of para-hydroxylation sites is 5. The number of rotatable bonds is 3. The van der Waals surface area contributed by atoms with E-state index in [1.54, 1.807) is 0 Å². The van der Waals surface area contributed by atoms with Gasteiger partial charge in [-0.1, -0.05) is 103 Å². The van der Waals surface area contributed by atoms with Crippen molar-refractivity contribution in [1.82, 2.24) is 13.7 Å². The Hall–Kier alpha value is -7.69. The van der Waals surface area contributed by atoms with Crippen molar-refractivity contribution in [3.05, 3.63) is 221 Å². The van der Waals surface area contributed by atoms with Crippen molar-refractivity contribution in [2.45, 2.75) is 12.8 Å². The van der Waals surface area contributed by atoms with Gasteiger partial charge >= 0.3 is 0 Å². The minimum Gasteiger partial charge on any atom is -0.309 e. The minimum absolute atomic E-state index is 0.0601. The molecule has 0 unspecified atom stereocenters. The second-order valence-corrected chi connectivity index (χ2v) is 16.0. The number of aromatic nitrogens is 3. The average Bonchev–Trinajstić information content (AvgIpc) is 3.83. The van der Waals surface area contributed by atoms with Crippen LogP contribution >= 0.6 is 0 Å². The average molecular weight is 754 g/mol. The van der Waals surface area contributed by atoms with Crippen LogP contribution in [0, 0.1) is 0 Å². The third kappa shape index (κ3) is 4.51. The molecule has 1 aliphatic rings. The van der Waals surface area contributed by atoms with E-state index < -0.39 is 0 Å². The first-order chi connectivity index (χ1) is 29.2. The van der Waals surface area contributed by atoms with E-state index in [2.05, 4.69) is 153 Å². The molecule has 0 radical (unpaired) electrons. The number of hydrogen-bond donors (Lipinski definition) is 0. The normalized spacial score (nSPS) is 12.7. The van der Waals surface area contributed by atoms with Crippen molar-refractivity contribution in [3.8, 4) is 17.1 Å². The predicted octanol–water partition coefficient (Wildman–Crippen LogP) is 13.0. The van der Waals surface area contributed by atoms with Crippen LogP contribution in [-0.2, 0) is 12.8 Å². The molecule has 0 fully saturated rings. The van der Waals surface area contributed by atoms with Gasteiger partial charge in [-0.05, 0) is 131 Å². The molecule has 4 nitrogen and oxygen atoms in total. The summed E-state index contributed by atoms with van der Waals surface area (Å²) in [5, 5.41) is 9.05. The Morgan fingerprint density at radius 2 is 0.661 bits per heavy atom. The third-order valence-corrected chi connectivity index (χ3v) is 12.9. The van der Waals surface area contributed by atoms with Gasteiger partial charge in [-0.2, -0.15) is 0 Å². The van der Waals surface area contributed by atoms with Crippen LogP contribution in [0.3, 0.4) is 0 Å². The third-order valence-electron chi connectivity index (χ3n) is 12.9. The topological polar surface area (TPSA) is 31.9 Å². The lowest BCUT2D eigenvalue weighted by atomic mass is 9.83. The fraction of sp³-hybridized carbons (Fsp3) is 0.0364. The molecule has 3 aromatic heterocycles. The number of nitrogens with zero attached hydrogens (tertiary/aromatic N) is 3. The summed E-state index contributed by atoms with van der Waals surface area (Å²) in [4.78, 5) is 13.6. The maximum absolute atomic E-state index is 13.6. The van der Waals surface area contributed by atoms with Crippen molar-refractivity contribution in [2.24, 2.45) is 0 Å². The van der Waals surface area contributed by atoms with Crippen molar-refractivity contribution in [2.75, 3.05) is 0 Å². The Balaban J connectivity index is 1.17. The lowest BCUT2D eigenvalue weighted by Crippen LogP contribution is -2.10. The number of benzene rings is 9. The molecule has 1 aliphatic carbocycles. The summed E-state index contributed by atoms with van der Waals surface area (Å²) in [7, 11) is 0. The second kappa shape index (κ2) is 12.2. The van der Waals surface area contributed by atoms with Crippen molar-refractivity contribution in [3.63, 3.8) is 0 Å². The Bertz CT molecular complexity index is 3730. The van der Waals surface area contributed by atoms with E-state index in [0.717, 1.165) is 46.5 Å². The molecule has 0 N–H and O–H groups in total. The van der Waals surface area contributed by atoms with E-state index in [1.807, 2.05) is 48.5 Å². The van der Waals surface area contributed by atoms with Crippen LogP contribution in [0.2, 0.25) is 0 Å². The fourth-order valence-electron chi connectivity index (χ4n) is 10.4. The molecular weight excluding hydrogens is 719 g/mol. The van der Waals surface area contributed by atoms with Crippen molar-refractivity contribution in [1.29, 1.82) is 0 Å². The van der Waals surface area contributed by atoms with Gasteiger partial charge in [0.05, 0.1) is 33.1 Å². The molecule has 9 aromatic carbocycles. The first kappa shape index (κ1) is 32.4. The van der Waals surface area contributed by atoms with Crippen LogP contribution in [0.25, 0.3) is 93.3 Å². The van der Waals surface area contributed by atoms with Crippen molar-refractivity contribution < 1.29 is 0 Å². The Kier molecular flexibility index (Phi) is 6.68. The number of fused-ring (bicyclic) bond motifs is 14. The largest absolute Gasteiger partial charge is 0.309 e. The molecule has 0 saturated carbocycles. The maximum atomic E-state index is 13.6. The SMILES string of the molecule is O=c1c2ccccc2n(-c2ccc(-n3c4ccccc4c4c5cc6c(cc5c5c7ccccc7n(-c7ccccc7)c5c43)Cc3ccccc3C6)cc2)c2ccccc12. The van der Waals surface area contributed by atoms with Gasteiger partial charge in [0.25, 0.3) is 0 Å².